The normalized spacial score (nSPS) is 11.6. The lowest BCUT2D eigenvalue weighted by Crippen LogP contribution is -2.37. The maximum absolute atomic E-state index is 12.4. The predicted octanol–water partition coefficient (Wildman–Crippen LogP) is 3.48. The van der Waals surface area contributed by atoms with Crippen LogP contribution in [0.25, 0.3) is 0 Å². The van der Waals surface area contributed by atoms with Crippen molar-refractivity contribution in [2.24, 2.45) is 0 Å². The van der Waals surface area contributed by atoms with E-state index in [9.17, 15) is 4.79 Å². The Balaban J connectivity index is 1.98. The molecule has 0 aliphatic heterocycles. The number of para-hydroxylation sites is 2. The van der Waals surface area contributed by atoms with Gasteiger partial charge in [0.1, 0.15) is 0 Å². The molecular formula is C19H23NO3. The van der Waals surface area contributed by atoms with Gasteiger partial charge in [-0.2, -0.15) is 0 Å². The molecule has 0 saturated carbocycles. The van der Waals surface area contributed by atoms with Gasteiger partial charge in [-0.3, -0.25) is 4.79 Å². The third kappa shape index (κ3) is 4.74. The van der Waals surface area contributed by atoms with Crippen molar-refractivity contribution in [1.82, 2.24) is 5.32 Å². The van der Waals surface area contributed by atoms with E-state index in [2.05, 4.69) is 11.4 Å². The van der Waals surface area contributed by atoms with Crippen molar-refractivity contribution in [1.29, 1.82) is 0 Å². The maximum atomic E-state index is 12.4. The summed E-state index contributed by atoms with van der Waals surface area (Å²) in [4.78, 5) is 12.4. The number of rotatable bonds is 7. The second-order valence-corrected chi connectivity index (χ2v) is 5.37. The predicted molar refractivity (Wildman–Crippen MR) is 90.7 cm³/mol. The summed E-state index contributed by atoms with van der Waals surface area (Å²) in [5, 5.41) is 2.93. The minimum absolute atomic E-state index is 0.125. The standard InChI is InChI=1S/C19H23NO3/c1-4-16(23-18-11-6-5-10-17(18)22-3)19(21)20-13-15-9-7-8-14(2)12-15/h5-12,16H,4,13H2,1-3H3,(H,20,21)/t16-/m0/s1. The molecule has 4 heteroatoms. The summed E-state index contributed by atoms with van der Waals surface area (Å²) in [5.74, 6) is 1.07. The van der Waals surface area contributed by atoms with E-state index >= 15 is 0 Å². The van der Waals surface area contributed by atoms with Crippen molar-refractivity contribution in [3.63, 3.8) is 0 Å². The number of aryl methyl sites for hydroxylation is 1. The molecule has 0 radical (unpaired) electrons. The number of carbonyl (C=O) groups is 1. The van der Waals surface area contributed by atoms with Gasteiger partial charge in [0.05, 0.1) is 7.11 Å². The van der Waals surface area contributed by atoms with E-state index in [1.54, 1.807) is 13.2 Å². The molecule has 0 bridgehead atoms. The highest BCUT2D eigenvalue weighted by Crippen LogP contribution is 2.27. The zero-order valence-electron chi connectivity index (χ0n) is 13.8. The third-order valence-electron chi connectivity index (χ3n) is 3.55. The van der Waals surface area contributed by atoms with Crippen molar-refractivity contribution < 1.29 is 14.3 Å². The third-order valence-corrected chi connectivity index (χ3v) is 3.55. The first-order valence-electron chi connectivity index (χ1n) is 7.77. The molecule has 0 heterocycles. The van der Waals surface area contributed by atoms with Crippen LogP contribution in [0.5, 0.6) is 11.5 Å². The second-order valence-electron chi connectivity index (χ2n) is 5.37. The number of carbonyl (C=O) groups excluding carboxylic acids is 1. The Hall–Kier alpha value is -2.49. The molecule has 23 heavy (non-hydrogen) atoms. The fourth-order valence-electron chi connectivity index (χ4n) is 2.32. The lowest BCUT2D eigenvalue weighted by atomic mass is 10.1. The molecular weight excluding hydrogens is 290 g/mol. The molecule has 1 amide bonds. The largest absolute Gasteiger partial charge is 0.493 e. The molecule has 2 aromatic rings. The summed E-state index contributed by atoms with van der Waals surface area (Å²) in [6, 6.07) is 15.4. The molecule has 1 N–H and O–H groups in total. The topological polar surface area (TPSA) is 47.6 Å². The van der Waals surface area contributed by atoms with Gasteiger partial charge in [0.2, 0.25) is 0 Å². The molecule has 0 aliphatic carbocycles. The number of benzene rings is 2. The fraction of sp³-hybridized carbons (Fsp3) is 0.316. The van der Waals surface area contributed by atoms with Crippen LogP contribution in [0.2, 0.25) is 0 Å². The molecule has 4 nitrogen and oxygen atoms in total. The van der Waals surface area contributed by atoms with Gasteiger partial charge < -0.3 is 14.8 Å². The highest BCUT2D eigenvalue weighted by Gasteiger charge is 2.19. The first-order valence-corrected chi connectivity index (χ1v) is 7.77. The van der Waals surface area contributed by atoms with Crippen molar-refractivity contribution in [3.8, 4) is 11.5 Å². The van der Waals surface area contributed by atoms with E-state index in [4.69, 9.17) is 9.47 Å². The Kier molecular flexibility index (Phi) is 6.03. The first-order chi connectivity index (χ1) is 11.1. The minimum Gasteiger partial charge on any atom is -0.493 e. The van der Waals surface area contributed by atoms with Crippen molar-refractivity contribution in [2.75, 3.05) is 7.11 Å². The molecule has 122 valence electrons. The van der Waals surface area contributed by atoms with Crippen molar-refractivity contribution >= 4 is 5.91 Å². The molecule has 0 unspecified atom stereocenters. The molecule has 2 rings (SSSR count). The van der Waals surface area contributed by atoms with Crippen LogP contribution < -0.4 is 14.8 Å². The van der Waals surface area contributed by atoms with Gasteiger partial charge in [0, 0.05) is 6.54 Å². The summed E-state index contributed by atoms with van der Waals surface area (Å²) in [6.45, 7) is 4.45. The van der Waals surface area contributed by atoms with Crippen LogP contribution in [0, 0.1) is 6.92 Å². The van der Waals surface area contributed by atoms with Crippen LogP contribution in [0.15, 0.2) is 48.5 Å². The zero-order valence-corrected chi connectivity index (χ0v) is 13.8. The smallest absolute Gasteiger partial charge is 0.261 e. The van der Waals surface area contributed by atoms with E-state index in [-0.39, 0.29) is 5.91 Å². The Morgan fingerprint density at radius 1 is 1.13 bits per heavy atom. The van der Waals surface area contributed by atoms with E-state index in [1.165, 1.54) is 5.56 Å². The van der Waals surface area contributed by atoms with Crippen molar-refractivity contribution in [3.05, 3.63) is 59.7 Å². The van der Waals surface area contributed by atoms with E-state index < -0.39 is 6.10 Å². The highest BCUT2D eigenvalue weighted by atomic mass is 16.5. The molecule has 0 aromatic heterocycles. The van der Waals surface area contributed by atoms with Gasteiger partial charge in [-0.15, -0.1) is 0 Å². The van der Waals surface area contributed by atoms with Gasteiger partial charge in [-0.05, 0) is 31.0 Å². The average Bonchev–Trinajstić information content (AvgIpc) is 2.58. The molecule has 0 saturated heterocycles. The molecule has 2 aromatic carbocycles. The van der Waals surface area contributed by atoms with Gasteiger partial charge in [0.15, 0.2) is 17.6 Å². The lowest BCUT2D eigenvalue weighted by Gasteiger charge is -2.19. The minimum atomic E-state index is -0.545. The summed E-state index contributed by atoms with van der Waals surface area (Å²) >= 11 is 0. The van der Waals surface area contributed by atoms with Crippen LogP contribution in [0.3, 0.4) is 0 Å². The number of hydrogen-bond donors (Lipinski definition) is 1. The number of amides is 1. The number of hydrogen-bond acceptors (Lipinski definition) is 3. The van der Waals surface area contributed by atoms with Crippen LogP contribution >= 0.6 is 0 Å². The van der Waals surface area contributed by atoms with Crippen LogP contribution in [0.4, 0.5) is 0 Å². The van der Waals surface area contributed by atoms with Crippen molar-refractivity contribution in [2.45, 2.75) is 32.9 Å². The number of nitrogens with one attached hydrogen (secondary N) is 1. The van der Waals surface area contributed by atoms with Gasteiger partial charge in [-0.25, -0.2) is 0 Å². The first kappa shape index (κ1) is 16.9. The number of ether oxygens (including phenoxy) is 2. The Bertz CT molecular complexity index is 655. The average molecular weight is 313 g/mol. The maximum Gasteiger partial charge on any atom is 0.261 e. The summed E-state index contributed by atoms with van der Waals surface area (Å²) < 4.78 is 11.1. The Morgan fingerprint density at radius 3 is 2.52 bits per heavy atom. The van der Waals surface area contributed by atoms with Crippen LogP contribution in [0.1, 0.15) is 24.5 Å². The highest BCUT2D eigenvalue weighted by molar-refractivity contribution is 5.81. The second kappa shape index (κ2) is 8.22. The molecule has 0 fully saturated rings. The number of methoxy groups -OCH3 is 1. The summed E-state index contributed by atoms with van der Waals surface area (Å²) in [5.41, 5.74) is 2.25. The van der Waals surface area contributed by atoms with Gasteiger partial charge in [0.25, 0.3) is 5.91 Å². The zero-order chi connectivity index (χ0) is 16.7. The Labute approximate surface area is 137 Å². The SMILES string of the molecule is CC[C@H](Oc1ccccc1OC)C(=O)NCc1cccc(C)c1. The molecule has 0 spiro atoms. The van der Waals surface area contributed by atoms with Crippen LogP contribution in [-0.2, 0) is 11.3 Å². The molecule has 1 atom stereocenters. The summed E-state index contributed by atoms with van der Waals surface area (Å²) in [7, 11) is 1.58. The van der Waals surface area contributed by atoms with E-state index in [0.29, 0.717) is 24.5 Å². The monoisotopic (exact) mass is 313 g/mol. The molecule has 0 aliphatic rings. The van der Waals surface area contributed by atoms with E-state index in [1.807, 2.05) is 50.2 Å². The fourth-order valence-corrected chi connectivity index (χ4v) is 2.32. The lowest BCUT2D eigenvalue weighted by molar-refractivity contribution is -0.128. The summed E-state index contributed by atoms with van der Waals surface area (Å²) in [6.07, 6.45) is 0.0358. The van der Waals surface area contributed by atoms with Crippen LogP contribution in [-0.4, -0.2) is 19.1 Å². The van der Waals surface area contributed by atoms with Gasteiger partial charge in [-0.1, -0.05) is 48.9 Å². The van der Waals surface area contributed by atoms with E-state index in [0.717, 1.165) is 5.56 Å². The quantitative estimate of drug-likeness (QED) is 0.851. The van der Waals surface area contributed by atoms with Gasteiger partial charge >= 0.3 is 0 Å². The Morgan fingerprint density at radius 2 is 1.87 bits per heavy atom.